The van der Waals surface area contributed by atoms with Crippen LogP contribution in [0.1, 0.15) is 26.7 Å². The Hall–Kier alpha value is -2.08. The molecule has 1 aliphatic heterocycles. The molecule has 6 heteroatoms. The van der Waals surface area contributed by atoms with Gasteiger partial charge in [0, 0.05) is 19.2 Å². The first-order valence-electron chi connectivity index (χ1n) is 7.95. The number of hydrogen-bond donors (Lipinski definition) is 2. The van der Waals surface area contributed by atoms with Crippen molar-refractivity contribution >= 4 is 23.2 Å². The molecular weight excluding hydrogens is 294 g/mol. The van der Waals surface area contributed by atoms with Gasteiger partial charge in [0.25, 0.3) is 0 Å². The van der Waals surface area contributed by atoms with Gasteiger partial charge in [0.15, 0.2) is 0 Å². The van der Waals surface area contributed by atoms with E-state index in [1.165, 1.54) is 13.3 Å². The molecule has 23 heavy (non-hydrogen) atoms. The van der Waals surface area contributed by atoms with Crippen molar-refractivity contribution in [1.82, 2.24) is 4.90 Å². The van der Waals surface area contributed by atoms with Gasteiger partial charge >= 0.3 is 0 Å². The minimum absolute atomic E-state index is 0.0719. The summed E-state index contributed by atoms with van der Waals surface area (Å²) in [4.78, 5) is 25.6. The summed E-state index contributed by atoms with van der Waals surface area (Å²) in [5.74, 6) is 0.973. The molecule has 1 fully saturated rings. The molecule has 1 heterocycles. The van der Waals surface area contributed by atoms with Crippen LogP contribution in [0, 0.1) is 5.92 Å². The number of hydrogen-bond acceptors (Lipinski definition) is 4. The number of carbonyl (C=O) groups excluding carboxylic acids is 2. The average molecular weight is 319 g/mol. The zero-order valence-corrected chi connectivity index (χ0v) is 14.0. The molecule has 0 saturated carbocycles. The van der Waals surface area contributed by atoms with Crippen molar-refractivity contribution in [2.24, 2.45) is 5.92 Å². The zero-order valence-electron chi connectivity index (χ0n) is 14.0. The van der Waals surface area contributed by atoms with E-state index in [4.69, 9.17) is 4.74 Å². The minimum Gasteiger partial charge on any atom is -0.495 e. The number of anilines is 2. The monoisotopic (exact) mass is 319 g/mol. The number of benzene rings is 1. The minimum atomic E-state index is -0.158. The number of methoxy groups -OCH3 is 1. The summed E-state index contributed by atoms with van der Waals surface area (Å²) in [6.07, 6.45) is 2.36. The Labute approximate surface area is 137 Å². The lowest BCUT2D eigenvalue weighted by atomic mass is 10.0. The first kappa shape index (κ1) is 17.3. The van der Waals surface area contributed by atoms with Crippen LogP contribution in [0.5, 0.6) is 5.75 Å². The summed E-state index contributed by atoms with van der Waals surface area (Å²) in [5.41, 5.74) is 1.19. The van der Waals surface area contributed by atoms with E-state index in [1.54, 1.807) is 25.3 Å². The lowest BCUT2D eigenvalue weighted by molar-refractivity contribution is -0.117. The quantitative estimate of drug-likeness (QED) is 0.874. The lowest BCUT2D eigenvalue weighted by Crippen LogP contribution is -2.39. The highest BCUT2D eigenvalue weighted by Crippen LogP contribution is 2.28. The molecule has 0 bridgehead atoms. The third-order valence-corrected chi connectivity index (χ3v) is 3.90. The number of nitrogens with one attached hydrogen (secondary N) is 2. The number of ether oxygens (including phenoxy) is 1. The van der Waals surface area contributed by atoms with Crippen LogP contribution in [0.15, 0.2) is 18.2 Å². The predicted octanol–water partition coefficient (Wildman–Crippen LogP) is 2.32. The van der Waals surface area contributed by atoms with Gasteiger partial charge < -0.3 is 15.4 Å². The van der Waals surface area contributed by atoms with Crippen molar-refractivity contribution in [2.45, 2.75) is 26.7 Å². The lowest BCUT2D eigenvalue weighted by Gasteiger charge is -2.30. The number of amides is 2. The average Bonchev–Trinajstić information content (AvgIpc) is 2.46. The molecule has 0 spiro atoms. The number of nitrogens with zero attached hydrogens (tertiary/aromatic N) is 1. The van der Waals surface area contributed by atoms with Gasteiger partial charge in [-0.2, -0.15) is 0 Å². The van der Waals surface area contributed by atoms with Gasteiger partial charge in [0.1, 0.15) is 5.75 Å². The molecule has 2 amide bonds. The fourth-order valence-electron chi connectivity index (χ4n) is 2.91. The van der Waals surface area contributed by atoms with Gasteiger partial charge in [0.2, 0.25) is 11.8 Å². The van der Waals surface area contributed by atoms with Crippen molar-refractivity contribution in [3.63, 3.8) is 0 Å². The van der Waals surface area contributed by atoms with E-state index < -0.39 is 0 Å². The molecule has 1 atom stereocenters. The zero-order chi connectivity index (χ0) is 16.8. The van der Waals surface area contributed by atoms with E-state index in [-0.39, 0.29) is 11.8 Å². The van der Waals surface area contributed by atoms with Gasteiger partial charge in [-0.1, -0.05) is 6.92 Å². The van der Waals surface area contributed by atoms with Crippen molar-refractivity contribution in [1.29, 1.82) is 0 Å². The highest BCUT2D eigenvalue weighted by molar-refractivity contribution is 5.95. The predicted molar refractivity (Wildman–Crippen MR) is 90.8 cm³/mol. The summed E-state index contributed by atoms with van der Waals surface area (Å²) in [7, 11) is 1.55. The van der Waals surface area contributed by atoms with Gasteiger partial charge in [-0.05, 0) is 43.5 Å². The van der Waals surface area contributed by atoms with Crippen molar-refractivity contribution < 1.29 is 14.3 Å². The summed E-state index contributed by atoms with van der Waals surface area (Å²) < 4.78 is 5.27. The Morgan fingerprint density at radius 2 is 2.13 bits per heavy atom. The number of rotatable bonds is 5. The van der Waals surface area contributed by atoms with E-state index in [9.17, 15) is 9.59 Å². The molecule has 0 radical (unpaired) electrons. The maximum absolute atomic E-state index is 12.3. The Balaban J connectivity index is 2.02. The molecule has 2 rings (SSSR count). The van der Waals surface area contributed by atoms with Crippen LogP contribution in [0.2, 0.25) is 0 Å². The molecule has 1 saturated heterocycles. The molecule has 1 aromatic carbocycles. The highest BCUT2D eigenvalue weighted by Gasteiger charge is 2.19. The fraction of sp³-hybridized carbons (Fsp3) is 0.529. The summed E-state index contributed by atoms with van der Waals surface area (Å²) >= 11 is 0. The van der Waals surface area contributed by atoms with E-state index in [0.717, 1.165) is 19.5 Å². The summed E-state index contributed by atoms with van der Waals surface area (Å²) in [5, 5.41) is 5.58. The third-order valence-electron chi connectivity index (χ3n) is 3.90. The first-order valence-corrected chi connectivity index (χ1v) is 7.95. The van der Waals surface area contributed by atoms with Gasteiger partial charge in [-0.15, -0.1) is 0 Å². The van der Waals surface area contributed by atoms with E-state index in [1.807, 2.05) is 0 Å². The second-order valence-electron chi connectivity index (χ2n) is 6.13. The van der Waals surface area contributed by atoms with Gasteiger partial charge in [0.05, 0.1) is 19.3 Å². The first-order chi connectivity index (χ1) is 11.0. The van der Waals surface area contributed by atoms with Crippen LogP contribution in [-0.4, -0.2) is 43.5 Å². The maximum atomic E-state index is 12.3. The maximum Gasteiger partial charge on any atom is 0.238 e. The SMILES string of the molecule is COc1ccc(NC(C)=O)cc1NC(=O)CN1CCC[C@H](C)C1. The van der Waals surface area contributed by atoms with E-state index in [0.29, 0.717) is 29.6 Å². The fourth-order valence-corrected chi connectivity index (χ4v) is 2.91. The Morgan fingerprint density at radius 3 is 2.78 bits per heavy atom. The van der Waals surface area contributed by atoms with Crippen molar-refractivity contribution in [2.75, 3.05) is 37.4 Å². The molecule has 2 N–H and O–H groups in total. The molecule has 1 aromatic rings. The van der Waals surface area contributed by atoms with Gasteiger partial charge in [-0.25, -0.2) is 0 Å². The smallest absolute Gasteiger partial charge is 0.238 e. The Morgan fingerprint density at radius 1 is 1.35 bits per heavy atom. The molecule has 0 aromatic heterocycles. The summed E-state index contributed by atoms with van der Waals surface area (Å²) in [6.45, 7) is 5.94. The molecule has 0 aliphatic carbocycles. The van der Waals surface area contributed by atoms with Crippen LogP contribution in [-0.2, 0) is 9.59 Å². The van der Waals surface area contributed by atoms with Gasteiger partial charge in [-0.3, -0.25) is 14.5 Å². The van der Waals surface area contributed by atoms with Crippen molar-refractivity contribution in [3.8, 4) is 5.75 Å². The highest BCUT2D eigenvalue weighted by atomic mass is 16.5. The second kappa shape index (κ2) is 7.97. The van der Waals surface area contributed by atoms with Crippen LogP contribution in [0.3, 0.4) is 0 Å². The van der Waals surface area contributed by atoms with Crippen LogP contribution in [0.4, 0.5) is 11.4 Å². The van der Waals surface area contributed by atoms with Crippen LogP contribution < -0.4 is 15.4 Å². The number of piperidine rings is 1. The molecule has 1 aliphatic rings. The van der Waals surface area contributed by atoms with Crippen molar-refractivity contribution in [3.05, 3.63) is 18.2 Å². The van der Waals surface area contributed by atoms with Crippen LogP contribution >= 0.6 is 0 Å². The topological polar surface area (TPSA) is 70.7 Å². The number of likely N-dealkylation sites (tertiary alicyclic amines) is 1. The molecule has 6 nitrogen and oxygen atoms in total. The Bertz CT molecular complexity index is 574. The van der Waals surface area contributed by atoms with Crippen LogP contribution in [0.25, 0.3) is 0 Å². The Kier molecular flexibility index (Phi) is 5.98. The summed E-state index contributed by atoms with van der Waals surface area (Å²) in [6, 6.07) is 5.17. The largest absolute Gasteiger partial charge is 0.495 e. The number of carbonyl (C=O) groups is 2. The van der Waals surface area contributed by atoms with E-state index in [2.05, 4.69) is 22.5 Å². The molecule has 126 valence electrons. The normalized spacial score (nSPS) is 18.3. The molecular formula is C17H25N3O3. The second-order valence-corrected chi connectivity index (χ2v) is 6.13. The standard InChI is InChI=1S/C17H25N3O3/c1-12-5-4-8-20(10-12)11-17(22)19-15-9-14(18-13(2)21)6-7-16(15)23-3/h6-7,9,12H,4-5,8,10-11H2,1-3H3,(H,18,21)(H,19,22)/t12-/m0/s1. The van der Waals surface area contributed by atoms with E-state index >= 15 is 0 Å². The third kappa shape index (κ3) is 5.25. The molecule has 0 unspecified atom stereocenters.